The van der Waals surface area contributed by atoms with Crippen LogP contribution in [0.25, 0.3) is 0 Å². The molecule has 0 atom stereocenters. The molecular weight excluding hydrogens is 267 g/mol. The van der Waals surface area contributed by atoms with E-state index in [2.05, 4.69) is 5.32 Å². The number of nitrogens with one attached hydrogen (secondary N) is 1. The van der Waals surface area contributed by atoms with E-state index in [1.54, 1.807) is 13.1 Å². The molecule has 0 aromatic heterocycles. The van der Waals surface area contributed by atoms with Crippen molar-refractivity contribution in [1.82, 2.24) is 5.32 Å². The highest BCUT2D eigenvalue weighted by Gasteiger charge is 2.13. The van der Waals surface area contributed by atoms with Crippen molar-refractivity contribution in [2.45, 2.75) is 13.2 Å². The Balaban J connectivity index is 2.16. The molecule has 5 heteroatoms. The molecule has 1 N–H and O–H groups in total. The summed E-state index contributed by atoms with van der Waals surface area (Å²) in [5.74, 6) is -2.56. The lowest BCUT2D eigenvalue weighted by Gasteiger charge is -2.10. The average Bonchev–Trinajstić information content (AvgIpc) is 2.40. The number of halogens is 3. The van der Waals surface area contributed by atoms with Gasteiger partial charge >= 0.3 is 0 Å². The third kappa shape index (κ3) is 3.30. The van der Waals surface area contributed by atoms with Crippen LogP contribution < -0.4 is 10.1 Å². The fraction of sp³-hybridized carbons (Fsp3) is 0.200. The molecule has 0 unspecified atom stereocenters. The minimum absolute atomic E-state index is 0.230. The summed E-state index contributed by atoms with van der Waals surface area (Å²) in [6.45, 7) is 0.118. The third-order valence-corrected chi connectivity index (χ3v) is 2.77. The van der Waals surface area contributed by atoms with Gasteiger partial charge in [-0.2, -0.15) is 0 Å². The molecule has 106 valence electrons. The quantitative estimate of drug-likeness (QED) is 0.907. The number of hydrogen-bond donors (Lipinski definition) is 1. The van der Waals surface area contributed by atoms with Crippen LogP contribution in [0.1, 0.15) is 11.1 Å². The van der Waals surface area contributed by atoms with Crippen LogP contribution in [0.2, 0.25) is 0 Å². The van der Waals surface area contributed by atoms with Crippen molar-refractivity contribution in [3.05, 3.63) is 65.0 Å². The van der Waals surface area contributed by atoms with Crippen molar-refractivity contribution in [1.29, 1.82) is 0 Å². The van der Waals surface area contributed by atoms with Gasteiger partial charge in [-0.05, 0) is 30.8 Å². The molecule has 2 aromatic carbocycles. The number of ether oxygens (including phenoxy) is 1. The Labute approximate surface area is 115 Å². The number of rotatable bonds is 5. The largest absolute Gasteiger partial charge is 0.483 e. The predicted molar refractivity (Wildman–Crippen MR) is 69.9 cm³/mol. The molecule has 2 aromatic rings. The van der Waals surface area contributed by atoms with Gasteiger partial charge in [0, 0.05) is 12.1 Å². The van der Waals surface area contributed by atoms with Crippen LogP contribution in [0.3, 0.4) is 0 Å². The van der Waals surface area contributed by atoms with E-state index in [0.717, 1.165) is 0 Å². The molecule has 0 aliphatic heterocycles. The fourth-order valence-corrected chi connectivity index (χ4v) is 1.82. The molecule has 0 aliphatic carbocycles. The lowest BCUT2D eigenvalue weighted by molar-refractivity contribution is 0.269. The summed E-state index contributed by atoms with van der Waals surface area (Å²) in [6.07, 6.45) is 0. The summed E-state index contributed by atoms with van der Waals surface area (Å²) in [7, 11) is 1.68. The summed E-state index contributed by atoms with van der Waals surface area (Å²) < 4.78 is 45.9. The maximum Gasteiger partial charge on any atom is 0.191 e. The zero-order valence-corrected chi connectivity index (χ0v) is 10.9. The zero-order valence-electron chi connectivity index (χ0n) is 10.9. The van der Waals surface area contributed by atoms with Crippen molar-refractivity contribution < 1.29 is 17.9 Å². The SMILES string of the molecule is CNCc1cc(F)c(OCc2ccccc2F)c(F)c1. The first-order chi connectivity index (χ1) is 9.61. The monoisotopic (exact) mass is 281 g/mol. The predicted octanol–water partition coefficient (Wildman–Crippen LogP) is 3.40. The van der Waals surface area contributed by atoms with Crippen LogP contribution in [0.15, 0.2) is 36.4 Å². The first-order valence-electron chi connectivity index (χ1n) is 6.10. The van der Waals surface area contributed by atoms with Crippen LogP contribution in [-0.2, 0) is 13.2 Å². The van der Waals surface area contributed by atoms with Crippen molar-refractivity contribution in [3.63, 3.8) is 0 Å². The molecule has 0 saturated carbocycles. The Kier molecular flexibility index (Phi) is 4.63. The smallest absolute Gasteiger partial charge is 0.191 e. The third-order valence-electron chi connectivity index (χ3n) is 2.77. The Morgan fingerprint density at radius 2 is 1.65 bits per heavy atom. The average molecular weight is 281 g/mol. The summed E-state index contributed by atoms with van der Waals surface area (Å²) >= 11 is 0. The van der Waals surface area contributed by atoms with Gasteiger partial charge in [0.1, 0.15) is 12.4 Å². The van der Waals surface area contributed by atoms with Crippen molar-refractivity contribution in [2.75, 3.05) is 7.05 Å². The van der Waals surface area contributed by atoms with E-state index >= 15 is 0 Å². The van der Waals surface area contributed by atoms with Gasteiger partial charge < -0.3 is 10.1 Å². The lowest BCUT2D eigenvalue weighted by atomic mass is 10.2. The number of benzene rings is 2. The standard InChI is InChI=1S/C15H14F3NO/c1-19-8-10-6-13(17)15(14(18)7-10)20-9-11-4-2-3-5-12(11)16/h2-7,19H,8-9H2,1H3. The van der Waals surface area contributed by atoms with E-state index < -0.39 is 23.2 Å². The molecule has 0 saturated heterocycles. The van der Waals surface area contributed by atoms with Crippen LogP contribution in [0.5, 0.6) is 5.75 Å². The van der Waals surface area contributed by atoms with E-state index in [4.69, 9.17) is 4.74 Å². The molecule has 20 heavy (non-hydrogen) atoms. The Hall–Kier alpha value is -2.01. The van der Waals surface area contributed by atoms with Gasteiger partial charge in [0.05, 0.1) is 0 Å². The molecule has 2 nitrogen and oxygen atoms in total. The second-order valence-corrected chi connectivity index (χ2v) is 4.30. The minimum atomic E-state index is -0.799. The molecule has 0 spiro atoms. The van der Waals surface area contributed by atoms with E-state index in [1.807, 2.05) is 0 Å². The van der Waals surface area contributed by atoms with Crippen LogP contribution in [-0.4, -0.2) is 7.05 Å². The first kappa shape index (κ1) is 14.4. The Morgan fingerprint density at radius 1 is 1.00 bits per heavy atom. The molecule has 0 radical (unpaired) electrons. The van der Waals surface area contributed by atoms with Gasteiger partial charge in [0.15, 0.2) is 17.4 Å². The summed E-state index contributed by atoms with van der Waals surface area (Å²) in [6, 6.07) is 8.31. The highest BCUT2D eigenvalue weighted by molar-refractivity contribution is 5.31. The summed E-state index contributed by atoms with van der Waals surface area (Å²) in [5, 5.41) is 2.80. The van der Waals surface area contributed by atoms with E-state index in [-0.39, 0.29) is 12.2 Å². The van der Waals surface area contributed by atoms with Crippen molar-refractivity contribution in [3.8, 4) is 5.75 Å². The second-order valence-electron chi connectivity index (χ2n) is 4.30. The Bertz CT molecular complexity index is 578. The molecular formula is C15H14F3NO. The zero-order chi connectivity index (χ0) is 14.5. The van der Waals surface area contributed by atoms with Gasteiger partial charge in [-0.3, -0.25) is 0 Å². The van der Waals surface area contributed by atoms with Crippen LogP contribution >= 0.6 is 0 Å². The van der Waals surface area contributed by atoms with Crippen molar-refractivity contribution in [2.24, 2.45) is 0 Å². The number of hydrogen-bond acceptors (Lipinski definition) is 2. The molecule has 0 amide bonds. The molecule has 0 heterocycles. The van der Waals surface area contributed by atoms with Gasteiger partial charge in [0.2, 0.25) is 0 Å². The van der Waals surface area contributed by atoms with Crippen LogP contribution in [0.4, 0.5) is 13.2 Å². The molecule has 0 fully saturated rings. The normalized spacial score (nSPS) is 10.6. The van der Waals surface area contributed by atoms with Crippen molar-refractivity contribution >= 4 is 0 Å². The van der Waals surface area contributed by atoms with Gasteiger partial charge in [-0.1, -0.05) is 18.2 Å². The lowest BCUT2D eigenvalue weighted by Crippen LogP contribution is -2.07. The second kappa shape index (κ2) is 6.43. The van der Waals surface area contributed by atoms with Gasteiger partial charge in [-0.15, -0.1) is 0 Å². The van der Waals surface area contributed by atoms with Crippen LogP contribution in [0, 0.1) is 17.5 Å². The Morgan fingerprint density at radius 3 is 2.25 bits per heavy atom. The first-order valence-corrected chi connectivity index (χ1v) is 6.10. The fourth-order valence-electron chi connectivity index (χ4n) is 1.82. The van der Waals surface area contributed by atoms with Gasteiger partial charge in [-0.25, -0.2) is 13.2 Å². The highest BCUT2D eigenvalue weighted by atomic mass is 19.1. The maximum atomic E-state index is 13.8. The summed E-state index contributed by atoms with van der Waals surface area (Å²) in [5.41, 5.74) is 0.714. The van der Waals surface area contributed by atoms with E-state index in [9.17, 15) is 13.2 Å². The molecule has 2 rings (SSSR count). The van der Waals surface area contributed by atoms with E-state index in [1.165, 1.54) is 30.3 Å². The molecule has 0 aliphatic rings. The molecule has 0 bridgehead atoms. The summed E-state index contributed by atoms with van der Waals surface area (Å²) in [4.78, 5) is 0. The van der Waals surface area contributed by atoms with Gasteiger partial charge in [0.25, 0.3) is 0 Å². The highest BCUT2D eigenvalue weighted by Crippen LogP contribution is 2.24. The topological polar surface area (TPSA) is 21.3 Å². The maximum absolute atomic E-state index is 13.8. The van der Waals surface area contributed by atoms with E-state index in [0.29, 0.717) is 12.1 Å². The minimum Gasteiger partial charge on any atom is -0.483 e.